The summed E-state index contributed by atoms with van der Waals surface area (Å²) in [6.45, 7) is 1.01. The second-order valence-electron chi connectivity index (χ2n) is 3.59. The molecule has 0 unspecified atom stereocenters. The molecule has 0 fully saturated rings. The first-order chi connectivity index (χ1) is 8.16. The minimum absolute atomic E-state index is 0.353. The van der Waals surface area contributed by atoms with Crippen LogP contribution in [0.2, 0.25) is 0 Å². The molecular weight excluding hydrogens is 244 g/mol. The normalized spacial score (nSPS) is 10.7. The number of nitrogens with one attached hydrogen (secondary N) is 1. The zero-order valence-corrected chi connectivity index (χ0v) is 9.73. The summed E-state index contributed by atoms with van der Waals surface area (Å²) in [6, 6.07) is 6.18. The molecule has 5 heteroatoms. The molecule has 0 radical (unpaired) electrons. The first kappa shape index (κ1) is 12.0. The van der Waals surface area contributed by atoms with Crippen molar-refractivity contribution in [2.45, 2.75) is 13.1 Å². The molecule has 0 saturated heterocycles. The van der Waals surface area contributed by atoms with Gasteiger partial charge in [-0.1, -0.05) is 6.07 Å². The third-order valence-electron chi connectivity index (χ3n) is 2.29. The Kier molecular flexibility index (Phi) is 3.71. The number of hydrogen-bond acceptors (Lipinski definition) is 3. The number of thiophene rings is 1. The fraction of sp³-hybridized carbons (Fsp3) is 0.167. The molecule has 0 amide bonds. The first-order valence-electron chi connectivity index (χ1n) is 5.07. The third-order valence-corrected chi connectivity index (χ3v) is 3.16. The number of hydrogen-bond donors (Lipinski definition) is 2. The van der Waals surface area contributed by atoms with Crippen LogP contribution < -0.4 is 5.32 Å². The van der Waals surface area contributed by atoms with E-state index in [9.17, 15) is 8.78 Å². The van der Waals surface area contributed by atoms with Gasteiger partial charge in [-0.2, -0.15) is 0 Å². The maximum atomic E-state index is 13.0. The van der Waals surface area contributed by atoms with Crippen LogP contribution in [-0.2, 0) is 13.1 Å². The third kappa shape index (κ3) is 3.01. The molecule has 0 bridgehead atoms. The maximum absolute atomic E-state index is 13.0. The SMILES string of the molecule is Oc1c(F)cc(CNCc2cccs2)cc1F. The van der Waals surface area contributed by atoms with Crippen molar-refractivity contribution in [3.8, 4) is 5.75 Å². The number of aromatic hydroxyl groups is 1. The summed E-state index contributed by atoms with van der Waals surface area (Å²) in [7, 11) is 0. The minimum Gasteiger partial charge on any atom is -0.503 e. The monoisotopic (exact) mass is 255 g/mol. The van der Waals surface area contributed by atoms with Gasteiger partial charge in [-0.05, 0) is 29.1 Å². The molecule has 1 aromatic heterocycles. The van der Waals surface area contributed by atoms with Gasteiger partial charge in [-0.25, -0.2) is 8.78 Å². The van der Waals surface area contributed by atoms with Gasteiger partial charge in [0.05, 0.1) is 0 Å². The molecule has 0 aliphatic carbocycles. The number of phenols is 1. The summed E-state index contributed by atoms with van der Waals surface area (Å²) in [4.78, 5) is 1.16. The van der Waals surface area contributed by atoms with Crippen LogP contribution in [0, 0.1) is 11.6 Å². The van der Waals surface area contributed by atoms with Crippen molar-refractivity contribution in [2.24, 2.45) is 0 Å². The fourth-order valence-corrected chi connectivity index (χ4v) is 2.14. The van der Waals surface area contributed by atoms with Crippen molar-refractivity contribution < 1.29 is 13.9 Å². The molecule has 90 valence electrons. The van der Waals surface area contributed by atoms with Crippen molar-refractivity contribution in [3.63, 3.8) is 0 Å². The molecule has 1 aromatic carbocycles. The van der Waals surface area contributed by atoms with Gasteiger partial charge in [-0.15, -0.1) is 11.3 Å². The highest BCUT2D eigenvalue weighted by molar-refractivity contribution is 7.09. The van der Waals surface area contributed by atoms with Gasteiger partial charge >= 0.3 is 0 Å². The maximum Gasteiger partial charge on any atom is 0.187 e. The average Bonchev–Trinajstić information content (AvgIpc) is 2.79. The highest BCUT2D eigenvalue weighted by Crippen LogP contribution is 2.21. The van der Waals surface area contributed by atoms with E-state index in [0.717, 1.165) is 17.0 Å². The van der Waals surface area contributed by atoms with Crippen molar-refractivity contribution in [2.75, 3.05) is 0 Å². The molecule has 2 N–H and O–H groups in total. The zero-order valence-electron chi connectivity index (χ0n) is 8.91. The molecule has 2 aromatic rings. The summed E-state index contributed by atoms with van der Waals surface area (Å²) in [5.74, 6) is -2.79. The Morgan fingerprint density at radius 1 is 1.18 bits per heavy atom. The van der Waals surface area contributed by atoms with E-state index in [4.69, 9.17) is 5.11 Å². The van der Waals surface area contributed by atoms with E-state index in [0.29, 0.717) is 18.7 Å². The molecule has 2 rings (SSSR count). The van der Waals surface area contributed by atoms with E-state index in [2.05, 4.69) is 5.32 Å². The lowest BCUT2D eigenvalue weighted by molar-refractivity contribution is 0.395. The molecule has 0 saturated carbocycles. The highest BCUT2D eigenvalue weighted by atomic mass is 32.1. The summed E-state index contributed by atoms with van der Waals surface area (Å²) in [6.07, 6.45) is 0. The fourth-order valence-electron chi connectivity index (χ4n) is 1.46. The number of halogens is 2. The lowest BCUT2D eigenvalue weighted by Gasteiger charge is -2.05. The summed E-state index contributed by atoms with van der Waals surface area (Å²) in [5, 5.41) is 14.0. The van der Waals surface area contributed by atoms with Crippen molar-refractivity contribution in [3.05, 3.63) is 51.7 Å². The molecular formula is C12H11F2NOS. The van der Waals surface area contributed by atoms with Crippen LogP contribution in [0.25, 0.3) is 0 Å². The van der Waals surface area contributed by atoms with Crippen molar-refractivity contribution in [1.29, 1.82) is 0 Å². The second kappa shape index (κ2) is 5.25. The largest absolute Gasteiger partial charge is 0.503 e. The highest BCUT2D eigenvalue weighted by Gasteiger charge is 2.09. The Morgan fingerprint density at radius 3 is 2.47 bits per heavy atom. The van der Waals surface area contributed by atoms with Gasteiger partial charge in [0.2, 0.25) is 0 Å². The van der Waals surface area contributed by atoms with Crippen LogP contribution in [0.5, 0.6) is 5.75 Å². The number of rotatable bonds is 4. The quantitative estimate of drug-likeness (QED) is 0.880. The van der Waals surface area contributed by atoms with E-state index in [-0.39, 0.29) is 0 Å². The average molecular weight is 255 g/mol. The van der Waals surface area contributed by atoms with E-state index >= 15 is 0 Å². The van der Waals surface area contributed by atoms with Gasteiger partial charge in [0, 0.05) is 18.0 Å². The van der Waals surface area contributed by atoms with Gasteiger partial charge < -0.3 is 10.4 Å². The first-order valence-corrected chi connectivity index (χ1v) is 5.95. The Morgan fingerprint density at radius 2 is 1.88 bits per heavy atom. The van der Waals surface area contributed by atoms with Gasteiger partial charge in [-0.3, -0.25) is 0 Å². The Hall–Kier alpha value is -1.46. The molecule has 0 atom stereocenters. The molecule has 2 nitrogen and oxygen atoms in total. The Bertz CT molecular complexity index is 476. The van der Waals surface area contributed by atoms with E-state index < -0.39 is 17.4 Å². The molecule has 0 spiro atoms. The van der Waals surface area contributed by atoms with Crippen LogP contribution in [0.15, 0.2) is 29.6 Å². The van der Waals surface area contributed by atoms with Crippen LogP contribution in [0.4, 0.5) is 8.78 Å². The van der Waals surface area contributed by atoms with Crippen LogP contribution in [0.3, 0.4) is 0 Å². The number of benzene rings is 1. The topological polar surface area (TPSA) is 32.3 Å². The van der Waals surface area contributed by atoms with Gasteiger partial charge in [0.1, 0.15) is 0 Å². The lowest BCUT2D eigenvalue weighted by atomic mass is 10.2. The lowest BCUT2D eigenvalue weighted by Crippen LogP contribution is -2.12. The summed E-state index contributed by atoms with van der Waals surface area (Å²) < 4.78 is 26.0. The van der Waals surface area contributed by atoms with E-state index in [1.807, 2.05) is 17.5 Å². The minimum atomic E-state index is -0.932. The van der Waals surface area contributed by atoms with Crippen LogP contribution in [-0.4, -0.2) is 5.11 Å². The van der Waals surface area contributed by atoms with Crippen LogP contribution >= 0.6 is 11.3 Å². The Balaban J connectivity index is 1.95. The second-order valence-corrected chi connectivity index (χ2v) is 4.62. The standard InChI is InChI=1S/C12H11F2NOS/c13-10-4-8(5-11(14)12(10)16)6-15-7-9-2-1-3-17-9/h1-5,15-16H,6-7H2. The van der Waals surface area contributed by atoms with E-state index in [1.54, 1.807) is 11.3 Å². The molecule has 17 heavy (non-hydrogen) atoms. The Labute approximate surface area is 102 Å². The summed E-state index contributed by atoms with van der Waals surface area (Å²) in [5.41, 5.74) is 0.467. The molecule has 0 aliphatic heterocycles. The van der Waals surface area contributed by atoms with Crippen molar-refractivity contribution in [1.82, 2.24) is 5.32 Å². The molecule has 1 heterocycles. The predicted molar refractivity (Wildman–Crippen MR) is 62.9 cm³/mol. The van der Waals surface area contributed by atoms with Gasteiger partial charge in [0.25, 0.3) is 0 Å². The number of phenolic OH excluding ortho intramolecular Hbond substituents is 1. The molecule has 0 aliphatic rings. The zero-order chi connectivity index (χ0) is 12.3. The van der Waals surface area contributed by atoms with Gasteiger partial charge in [0.15, 0.2) is 17.4 Å². The smallest absolute Gasteiger partial charge is 0.187 e. The van der Waals surface area contributed by atoms with Crippen molar-refractivity contribution >= 4 is 11.3 Å². The predicted octanol–water partition coefficient (Wildman–Crippen LogP) is 3.02. The summed E-state index contributed by atoms with van der Waals surface area (Å²) >= 11 is 1.62. The van der Waals surface area contributed by atoms with Crippen LogP contribution in [0.1, 0.15) is 10.4 Å². The van der Waals surface area contributed by atoms with E-state index in [1.165, 1.54) is 0 Å².